The van der Waals surface area contributed by atoms with Crippen molar-refractivity contribution in [1.82, 2.24) is 0 Å². The molecular formula is C46H72Li8N8O7+2. The predicted octanol–water partition coefficient (Wildman–Crippen LogP) is -13.2. The van der Waals surface area contributed by atoms with E-state index in [0.29, 0.717) is 0 Å². The number of aromatic nitrogens is 2. The van der Waals surface area contributed by atoms with Crippen LogP contribution in [0.4, 0.5) is 0 Å². The Hall–Kier alpha value is -0.921. The van der Waals surface area contributed by atoms with Gasteiger partial charge in [-0.25, -0.2) is 9.97 Å². The molecule has 0 amide bonds. The van der Waals surface area contributed by atoms with Crippen LogP contribution in [0.25, 0.3) is 31.9 Å². The maximum atomic E-state index is 4.89. The number of ether oxygens (including phenoxy) is 6. The molecule has 0 fully saturated rings. The van der Waals surface area contributed by atoms with E-state index >= 15 is 0 Å². The van der Waals surface area contributed by atoms with Gasteiger partial charge in [-0.3, -0.25) is 0 Å². The summed E-state index contributed by atoms with van der Waals surface area (Å²) in [7, 11) is 9.92. The number of hydrogen-bond acceptors (Lipinski definition) is 6. The first-order valence-corrected chi connectivity index (χ1v) is 20.9. The molecule has 2 aromatic rings. The molecule has 0 bridgehead atoms. The number of H-pyrrole nitrogens is 2. The Bertz CT molecular complexity index is 1210. The molecule has 344 valence electrons. The second kappa shape index (κ2) is 69.2. The van der Waals surface area contributed by atoms with Gasteiger partial charge >= 0.3 is 151 Å². The number of aromatic amines is 2. The first-order valence-electron chi connectivity index (χ1n) is 20.9. The molecule has 2 aromatic heterocycles. The first-order chi connectivity index (χ1) is 29.6. The van der Waals surface area contributed by atoms with E-state index in [1.165, 1.54) is 38.5 Å². The van der Waals surface area contributed by atoms with Crippen molar-refractivity contribution < 1.29 is 195 Å². The van der Waals surface area contributed by atoms with Gasteiger partial charge in [0.15, 0.2) is 24.8 Å². The summed E-state index contributed by atoms with van der Waals surface area (Å²) in [4.78, 5) is 5.78. The third-order valence-electron chi connectivity index (χ3n) is 8.16. The minimum Gasteiger partial charge on any atom is -2.00 e. The zero-order valence-electron chi connectivity index (χ0n) is 45.5. The summed E-state index contributed by atoms with van der Waals surface area (Å²) < 4.78 is 29.3. The van der Waals surface area contributed by atoms with Gasteiger partial charge in [-0.05, 0) is 38.5 Å². The Morgan fingerprint density at radius 2 is 0.449 bits per heavy atom. The average molecular weight is 905 g/mol. The van der Waals surface area contributed by atoms with Crippen molar-refractivity contribution in [2.24, 2.45) is 0 Å². The topological polar surface area (TPSA) is 197 Å². The maximum absolute atomic E-state index is 4.89. The molecule has 69 heavy (non-hydrogen) atoms. The van der Waals surface area contributed by atoms with Crippen molar-refractivity contribution in [2.75, 3.05) is 81.9 Å². The molecule has 2 N–H and O–H groups in total. The Labute approximate surface area is 513 Å². The number of nitrogens with one attached hydrogen (secondary N) is 2. The molecule has 0 unspecified atom stereocenters. The summed E-state index contributed by atoms with van der Waals surface area (Å²) in [6.07, 6.45) is 33.4. The van der Waals surface area contributed by atoms with Crippen LogP contribution in [0.2, 0.25) is 0 Å². The quantitative estimate of drug-likeness (QED) is 0.258. The summed E-state index contributed by atoms with van der Waals surface area (Å²) in [5.41, 5.74) is 0. The molecule has 0 aromatic carbocycles. The van der Waals surface area contributed by atoms with E-state index in [9.17, 15) is 0 Å². The summed E-state index contributed by atoms with van der Waals surface area (Å²) in [6, 6.07) is 11.7. The van der Waals surface area contributed by atoms with Crippen LogP contribution in [-0.2, 0) is 33.9 Å². The van der Waals surface area contributed by atoms with Crippen molar-refractivity contribution in [3.63, 3.8) is 0 Å². The minimum atomic E-state index is 0. The molecule has 6 aliphatic rings. The van der Waals surface area contributed by atoms with Crippen LogP contribution in [0.5, 0.6) is 0 Å². The summed E-state index contributed by atoms with van der Waals surface area (Å²) in [5, 5.41) is 24.5. The molecule has 0 radical (unpaired) electrons. The van der Waals surface area contributed by atoms with Crippen LogP contribution in [0, 0.1) is 0 Å². The van der Waals surface area contributed by atoms with E-state index in [1.54, 1.807) is 42.7 Å². The number of pyridine rings is 2. The van der Waals surface area contributed by atoms with E-state index in [0.717, 1.165) is 113 Å². The van der Waals surface area contributed by atoms with Crippen molar-refractivity contribution in [3.8, 4) is 0 Å². The molecule has 0 spiro atoms. The van der Waals surface area contributed by atoms with Gasteiger partial charge in [-0.1, -0.05) is 87.1 Å². The van der Waals surface area contributed by atoms with Crippen LogP contribution in [0.3, 0.4) is 0 Å². The monoisotopic (exact) mass is 905 g/mol. The van der Waals surface area contributed by atoms with Gasteiger partial charge in [0.05, 0.1) is 42.7 Å². The van der Waals surface area contributed by atoms with Crippen molar-refractivity contribution >= 4 is 0 Å². The summed E-state index contributed by atoms with van der Waals surface area (Å²) in [6.45, 7) is 5.58. The molecule has 0 saturated heterocycles. The summed E-state index contributed by atoms with van der Waals surface area (Å²) >= 11 is 0. The SMILES string of the molecule is COC1=CCCC[N-]1.COC1=CCCC[N-]1.COC1=CCCC[N-]1.COC1=CCCC[N-]1.COC1=CCCC[N-]1.COC1=CCCC[N-]1.[Li+].[Li+].[Li+].[Li+].[Li+].[Li+].[Li+].[Li+].[O-2].c1cc[nH+]cc1.c1cc[nH+]cc1. The van der Waals surface area contributed by atoms with Crippen LogP contribution in [0.1, 0.15) is 77.0 Å². The molecule has 23 heteroatoms. The Morgan fingerprint density at radius 1 is 0.290 bits per heavy atom. The molecule has 8 rings (SSSR count). The molecular weight excluding hydrogens is 832 g/mol. The second-order valence-corrected chi connectivity index (χ2v) is 12.8. The fourth-order valence-corrected chi connectivity index (χ4v) is 4.99. The van der Waals surface area contributed by atoms with Crippen LogP contribution in [-0.4, -0.2) is 81.9 Å². The Balaban J connectivity index is -0.0000000838. The molecule has 8 heterocycles. The molecule has 0 aliphatic carbocycles. The van der Waals surface area contributed by atoms with Crippen LogP contribution < -0.4 is 161 Å². The smallest absolute Gasteiger partial charge is 1.00 e. The van der Waals surface area contributed by atoms with Crippen molar-refractivity contribution in [1.29, 1.82) is 0 Å². The molecule has 15 nitrogen and oxygen atoms in total. The van der Waals surface area contributed by atoms with Crippen molar-refractivity contribution in [2.45, 2.75) is 77.0 Å². The van der Waals surface area contributed by atoms with E-state index in [-0.39, 0.29) is 156 Å². The van der Waals surface area contributed by atoms with Gasteiger partial charge in [-0.15, -0.1) is 39.3 Å². The molecule has 0 atom stereocenters. The zero-order valence-corrected chi connectivity index (χ0v) is 45.5. The molecule has 6 aliphatic heterocycles. The average Bonchev–Trinajstić information content (AvgIpc) is 3.38. The van der Waals surface area contributed by atoms with Gasteiger partial charge in [-0.2, -0.15) is 0 Å². The van der Waals surface area contributed by atoms with E-state index in [1.807, 2.05) is 97.6 Å². The minimum absolute atomic E-state index is 0. The van der Waals surface area contributed by atoms with Crippen molar-refractivity contribution in [3.05, 3.63) is 165 Å². The normalized spacial score (nSPS) is 14.5. The number of allylic oxidation sites excluding steroid dienone is 6. The maximum Gasteiger partial charge on any atom is 1.00 e. The van der Waals surface area contributed by atoms with Gasteiger partial charge in [0.2, 0.25) is 0 Å². The van der Waals surface area contributed by atoms with Gasteiger partial charge in [0.25, 0.3) is 0 Å². The number of rotatable bonds is 6. The molecule has 0 saturated carbocycles. The van der Waals surface area contributed by atoms with Crippen LogP contribution in [0.15, 0.2) is 133 Å². The number of methoxy groups -OCH3 is 6. The van der Waals surface area contributed by atoms with E-state index in [2.05, 4.69) is 41.9 Å². The van der Waals surface area contributed by atoms with E-state index in [4.69, 9.17) is 28.4 Å². The predicted molar refractivity (Wildman–Crippen MR) is 242 cm³/mol. The second-order valence-electron chi connectivity index (χ2n) is 12.8. The third kappa shape index (κ3) is 56.2. The number of nitrogens with zero attached hydrogens (tertiary/aromatic N) is 6. The Morgan fingerprint density at radius 3 is 0.507 bits per heavy atom. The standard InChI is InChI=1S/6C6H10NO.2C5H5N.8Li.O/c6*1-8-6-4-2-3-5-7-6;2*1-2-4-6-5-3-1;;;;;;;;;/h6*4H,2-3,5H2,1H3;2*1-5H;;;;;;;;;/q6*-1;;;8*+1;-2/p+2. The fourth-order valence-electron chi connectivity index (χ4n) is 4.99. The van der Waals surface area contributed by atoms with Gasteiger partial charge in [0.1, 0.15) is 0 Å². The van der Waals surface area contributed by atoms with E-state index < -0.39 is 0 Å². The first kappa shape index (κ1) is 87.8. The zero-order chi connectivity index (χ0) is 43.4. The largest absolute Gasteiger partial charge is 2.00 e. The van der Waals surface area contributed by atoms with Gasteiger partial charge in [0, 0.05) is 59.6 Å². The van der Waals surface area contributed by atoms with Gasteiger partial charge < -0.3 is 65.8 Å². The third-order valence-corrected chi connectivity index (χ3v) is 8.16. The van der Waals surface area contributed by atoms with Crippen LogP contribution >= 0.6 is 0 Å². The Kier molecular flexibility index (Phi) is 88.0. The fraction of sp³-hybridized carbons (Fsp3) is 0.522. The summed E-state index contributed by atoms with van der Waals surface area (Å²) in [5.74, 6) is 4.81. The number of hydrogen-bond donors (Lipinski definition) is 0.